The van der Waals surface area contributed by atoms with Crippen LogP contribution in [0.1, 0.15) is 11.1 Å². The summed E-state index contributed by atoms with van der Waals surface area (Å²) >= 11 is 0. The van der Waals surface area contributed by atoms with Gasteiger partial charge in [0.25, 0.3) is 0 Å². The Morgan fingerprint density at radius 3 is 0.836 bits per heavy atom. The molecule has 0 unspecified atom stereocenters. The van der Waals surface area contributed by atoms with Crippen molar-refractivity contribution in [2.24, 2.45) is 0 Å². The zero-order valence-electron chi connectivity index (χ0n) is 59.4. The van der Waals surface area contributed by atoms with Crippen LogP contribution in [0.3, 0.4) is 0 Å². The van der Waals surface area contributed by atoms with Crippen molar-refractivity contribution in [2.75, 3.05) is 0 Å². The highest BCUT2D eigenvalue weighted by atomic mass is 16.5. The van der Waals surface area contributed by atoms with Crippen LogP contribution in [-0.4, -0.2) is 0 Å². The van der Waals surface area contributed by atoms with Gasteiger partial charge in [0.15, 0.2) is 0 Å². The predicted molar refractivity (Wildman–Crippen MR) is 459 cm³/mol. The fraction of sp³-hybridized carbons (Fsp3) is 0. The minimum Gasteiger partial charge on any atom is -0.456 e. The van der Waals surface area contributed by atoms with E-state index >= 15 is 0 Å². The van der Waals surface area contributed by atoms with Crippen LogP contribution >= 0.6 is 0 Å². The number of rotatable bonds is 6. The lowest BCUT2D eigenvalue weighted by Crippen LogP contribution is -1.98. The quantitative estimate of drug-likeness (QED) is 0.156. The van der Waals surface area contributed by atoms with Gasteiger partial charge in [0, 0.05) is 21.9 Å². The summed E-state index contributed by atoms with van der Waals surface area (Å²) in [6.45, 7) is 0. The molecule has 4 heteroatoms. The Labute approximate surface area is 633 Å². The van der Waals surface area contributed by atoms with E-state index in [1.54, 1.807) is 0 Å². The summed E-state index contributed by atoms with van der Waals surface area (Å²) in [7, 11) is 0. The Hall–Kier alpha value is -14.9. The lowest BCUT2D eigenvalue weighted by atomic mass is 9.84. The predicted octanol–water partition coefficient (Wildman–Crippen LogP) is 29.3. The number of nitrogens with zero attached hydrogens (tertiary/aromatic N) is 2. The van der Waals surface area contributed by atoms with Crippen molar-refractivity contribution in [1.82, 2.24) is 0 Å². The van der Waals surface area contributed by atoms with E-state index in [9.17, 15) is 10.5 Å². The molecule has 4 nitrogen and oxygen atoms in total. The number of hydrogen-bond acceptors (Lipinski definition) is 4. The molecule has 21 aromatic carbocycles. The molecule has 0 radical (unpaired) electrons. The molecule has 0 saturated heterocycles. The number of ether oxygens (including phenoxy) is 2. The summed E-state index contributed by atoms with van der Waals surface area (Å²) < 4.78 is 12.9. The molecule has 2 aliphatic rings. The standard InChI is InChI=1S/C55H31NO.C51H29NO/c56-32-33-23-24-46-48-28-27-44(47-21-10-22-53(55(47)48)57-54(46)29-33)43-25-26-45(38-15-4-3-14-37(38)43)50-31-52-41-18-7-5-16-39(41)49(30-51(52)42-19-8-6-17-40(42)50)36-20-9-12-34-11-1-2-13-35(34)36;52-30-31-21-22-42-44-26-25-40(43-19-10-20-49(51(43)44)53-50(42)27-31)39-23-24-41(34-14-5-4-13-33(34)39)46-29-48-36-16-7-6-15-35(36)45(32-11-2-1-3-12-32)28-47(48)38-18-9-8-17-37(38)46/h1-31H;1-29H. The van der Waals surface area contributed by atoms with E-state index in [-0.39, 0.29) is 0 Å². The summed E-state index contributed by atoms with van der Waals surface area (Å²) in [6.07, 6.45) is 0. The van der Waals surface area contributed by atoms with E-state index in [0.29, 0.717) is 11.1 Å². The second-order valence-electron chi connectivity index (χ2n) is 28.9. The summed E-state index contributed by atoms with van der Waals surface area (Å²) in [5.41, 5.74) is 20.0. The Balaban J connectivity index is 0.000000136. The molecule has 2 heterocycles. The van der Waals surface area contributed by atoms with Crippen LogP contribution in [0.15, 0.2) is 364 Å². The normalized spacial score (nSPS) is 11.9. The van der Waals surface area contributed by atoms with Crippen molar-refractivity contribution < 1.29 is 9.47 Å². The third-order valence-electron chi connectivity index (χ3n) is 23.2. The Kier molecular flexibility index (Phi) is 14.1. The van der Waals surface area contributed by atoms with Gasteiger partial charge in [-0.05, 0) is 258 Å². The van der Waals surface area contributed by atoms with Gasteiger partial charge in [0.05, 0.1) is 23.3 Å². The summed E-state index contributed by atoms with van der Waals surface area (Å²) in [4.78, 5) is 0. The van der Waals surface area contributed by atoms with Crippen LogP contribution in [0.25, 0.3) is 208 Å². The first-order chi connectivity index (χ1) is 54.5. The van der Waals surface area contributed by atoms with Crippen molar-refractivity contribution in [3.63, 3.8) is 0 Å². The smallest absolute Gasteiger partial charge is 0.136 e. The van der Waals surface area contributed by atoms with Crippen molar-refractivity contribution in [1.29, 1.82) is 10.5 Å². The zero-order valence-corrected chi connectivity index (χ0v) is 59.4. The number of benzene rings is 21. The minimum absolute atomic E-state index is 0.589. The molecule has 0 aliphatic carbocycles. The molecular weight excluding hydrogens is 1330 g/mol. The van der Waals surface area contributed by atoms with Gasteiger partial charge in [-0.3, -0.25) is 0 Å². The van der Waals surface area contributed by atoms with E-state index in [0.717, 1.165) is 77.9 Å². The molecule has 0 fully saturated rings. The Bertz CT molecular complexity index is 7680. The maximum Gasteiger partial charge on any atom is 0.136 e. The molecule has 0 bridgehead atoms. The number of hydrogen-bond donors (Lipinski definition) is 0. The fourth-order valence-electron chi connectivity index (χ4n) is 18.3. The average molecular weight is 1390 g/mol. The van der Waals surface area contributed by atoms with Gasteiger partial charge >= 0.3 is 0 Å². The summed E-state index contributed by atoms with van der Waals surface area (Å²) in [5, 5.41) is 45.9. The Morgan fingerprint density at radius 1 is 0.164 bits per heavy atom. The molecule has 0 N–H and O–H groups in total. The molecule has 21 aromatic rings. The van der Waals surface area contributed by atoms with Crippen LogP contribution < -0.4 is 9.47 Å². The first-order valence-corrected chi connectivity index (χ1v) is 37.4. The van der Waals surface area contributed by atoms with Gasteiger partial charge in [-0.2, -0.15) is 10.5 Å². The highest BCUT2D eigenvalue weighted by molar-refractivity contribution is 6.28. The van der Waals surface area contributed by atoms with E-state index in [1.165, 1.54) is 153 Å². The van der Waals surface area contributed by atoms with Crippen molar-refractivity contribution >= 4 is 118 Å². The molecule has 2 aliphatic heterocycles. The highest BCUT2D eigenvalue weighted by Gasteiger charge is 2.27. The fourth-order valence-corrected chi connectivity index (χ4v) is 18.3. The van der Waals surface area contributed by atoms with Crippen molar-refractivity contribution in [2.45, 2.75) is 0 Å². The topological polar surface area (TPSA) is 66.0 Å². The third-order valence-corrected chi connectivity index (χ3v) is 23.2. The maximum absolute atomic E-state index is 9.54. The first-order valence-electron chi connectivity index (χ1n) is 37.4. The lowest BCUT2D eigenvalue weighted by molar-refractivity contribution is 0.486. The summed E-state index contributed by atoms with van der Waals surface area (Å²) in [5.74, 6) is 3.06. The Morgan fingerprint density at radius 2 is 0.436 bits per heavy atom. The van der Waals surface area contributed by atoms with Gasteiger partial charge in [-0.15, -0.1) is 0 Å². The van der Waals surface area contributed by atoms with Gasteiger partial charge in [0.2, 0.25) is 0 Å². The van der Waals surface area contributed by atoms with Gasteiger partial charge in [0.1, 0.15) is 23.0 Å². The molecule has 0 atom stereocenters. The largest absolute Gasteiger partial charge is 0.456 e. The molecule has 506 valence electrons. The highest BCUT2D eigenvalue weighted by Crippen LogP contribution is 2.54. The van der Waals surface area contributed by atoms with Crippen LogP contribution in [0.2, 0.25) is 0 Å². The van der Waals surface area contributed by atoms with E-state index in [4.69, 9.17) is 9.47 Å². The maximum atomic E-state index is 9.54. The average Bonchev–Trinajstić information content (AvgIpc) is 0.718. The molecule has 0 saturated carbocycles. The third kappa shape index (κ3) is 9.64. The first kappa shape index (κ1) is 62.4. The van der Waals surface area contributed by atoms with Crippen LogP contribution in [0, 0.1) is 22.7 Å². The second kappa shape index (κ2) is 24.8. The van der Waals surface area contributed by atoms with Crippen LogP contribution in [0.4, 0.5) is 0 Å². The lowest BCUT2D eigenvalue weighted by Gasteiger charge is -2.23. The molecule has 0 aromatic heterocycles. The van der Waals surface area contributed by atoms with E-state index < -0.39 is 0 Å². The number of fused-ring (bicyclic) bond motifs is 17. The van der Waals surface area contributed by atoms with E-state index in [2.05, 4.69) is 328 Å². The van der Waals surface area contributed by atoms with Crippen molar-refractivity contribution in [3.8, 4) is 124 Å². The van der Waals surface area contributed by atoms with Gasteiger partial charge < -0.3 is 9.47 Å². The van der Waals surface area contributed by atoms with Crippen LogP contribution in [0.5, 0.6) is 23.0 Å². The molecule has 110 heavy (non-hydrogen) atoms. The summed E-state index contributed by atoms with van der Waals surface area (Å²) in [6, 6.07) is 136. The molecular formula is C106H60N2O2. The van der Waals surface area contributed by atoms with E-state index in [1.807, 2.05) is 48.5 Å². The molecule has 23 rings (SSSR count). The monoisotopic (exact) mass is 1390 g/mol. The van der Waals surface area contributed by atoms with Crippen molar-refractivity contribution in [3.05, 3.63) is 375 Å². The van der Waals surface area contributed by atoms with Crippen LogP contribution in [-0.2, 0) is 0 Å². The number of nitriles is 2. The SMILES string of the molecule is N#Cc1ccc2c(c1)Oc1cccc3c(-c4ccc(-c5cc6c7ccccc7c(-c7cccc8ccccc78)cc6c6ccccc56)c5ccccc45)ccc-2c13.N#Cc1ccc2c(c1)Oc1cccc3c(-c4ccc(-c5cc6c7ccccc7c(-c7ccccc7)cc6c6ccccc56)c5ccccc45)ccc-2c13. The van der Waals surface area contributed by atoms with Gasteiger partial charge in [-0.25, -0.2) is 0 Å². The zero-order chi connectivity index (χ0) is 72.7. The minimum atomic E-state index is 0.589. The second-order valence-corrected chi connectivity index (χ2v) is 28.9. The molecule has 0 spiro atoms. The molecule has 0 amide bonds. The van der Waals surface area contributed by atoms with Gasteiger partial charge in [-0.1, -0.05) is 291 Å².